The minimum Gasteiger partial charge on any atom is -0.310 e. The predicted molar refractivity (Wildman–Crippen MR) is 190 cm³/mol. The van der Waals surface area contributed by atoms with Gasteiger partial charge in [0.1, 0.15) is 0 Å². The molecule has 3 heteroatoms. The fourth-order valence-corrected chi connectivity index (χ4v) is 8.72. The van der Waals surface area contributed by atoms with Gasteiger partial charge in [0.05, 0.1) is 5.69 Å². The van der Waals surface area contributed by atoms with Crippen molar-refractivity contribution in [2.45, 2.75) is 0 Å². The molecule has 0 fully saturated rings. The van der Waals surface area contributed by atoms with E-state index >= 15 is 0 Å². The minimum absolute atomic E-state index is 1.14. The molecule has 2 heterocycles. The minimum atomic E-state index is 1.14. The SMILES string of the molecule is c1ccc(-c2ccc(N(c3ccc4ccc5sc6ccccc6c5c4c3)c3cccc4sc5ccccc5c34)cc2)cc1. The smallest absolute Gasteiger partial charge is 0.0554 e. The summed E-state index contributed by atoms with van der Waals surface area (Å²) >= 11 is 3.74. The Bertz CT molecular complexity index is 2450. The van der Waals surface area contributed by atoms with E-state index in [1.165, 1.54) is 67.9 Å². The Labute approximate surface area is 257 Å². The molecule has 1 nitrogen and oxygen atoms in total. The predicted octanol–water partition coefficient (Wildman–Crippen LogP) is 12.7. The number of anilines is 3. The van der Waals surface area contributed by atoms with Gasteiger partial charge < -0.3 is 4.90 Å². The average molecular weight is 584 g/mol. The number of rotatable bonds is 4. The second-order valence-electron chi connectivity index (χ2n) is 10.9. The zero-order valence-corrected chi connectivity index (χ0v) is 24.8. The van der Waals surface area contributed by atoms with Crippen LogP contribution in [0.15, 0.2) is 152 Å². The molecule has 0 radical (unpaired) electrons. The van der Waals surface area contributed by atoms with Crippen molar-refractivity contribution in [3.8, 4) is 11.1 Å². The van der Waals surface area contributed by atoms with E-state index in [4.69, 9.17) is 0 Å². The average Bonchev–Trinajstić information content (AvgIpc) is 3.65. The van der Waals surface area contributed by atoms with E-state index in [0.717, 1.165) is 11.4 Å². The Balaban J connectivity index is 1.32. The van der Waals surface area contributed by atoms with Gasteiger partial charge in [-0.1, -0.05) is 97.1 Å². The molecule has 0 unspecified atom stereocenters. The first-order valence-electron chi connectivity index (χ1n) is 14.5. The zero-order valence-electron chi connectivity index (χ0n) is 23.2. The molecule has 0 saturated carbocycles. The van der Waals surface area contributed by atoms with E-state index in [9.17, 15) is 0 Å². The number of hydrogen-bond acceptors (Lipinski definition) is 3. The fraction of sp³-hybridized carbons (Fsp3) is 0. The van der Waals surface area contributed by atoms with Crippen LogP contribution in [-0.4, -0.2) is 0 Å². The summed E-state index contributed by atoms with van der Waals surface area (Å²) < 4.78 is 5.28. The Morgan fingerprint density at radius 2 is 0.953 bits per heavy atom. The molecule has 0 amide bonds. The molecule has 43 heavy (non-hydrogen) atoms. The van der Waals surface area contributed by atoms with Crippen molar-refractivity contribution < 1.29 is 0 Å². The second kappa shape index (κ2) is 9.81. The van der Waals surface area contributed by atoms with Crippen molar-refractivity contribution in [2.24, 2.45) is 0 Å². The Kier molecular flexibility index (Phi) is 5.62. The molecule has 0 saturated heterocycles. The standard InChI is InChI=1S/C40H25NS2/c1-2-9-26(10-3-1)27-17-21-29(22-18-27)41(34-13-8-16-37-40(34)32-12-5-7-15-36(32)42-37)30-23-19-28-20-24-38-39(33(28)25-30)31-11-4-6-14-35(31)43-38/h1-25H. The monoisotopic (exact) mass is 583 g/mol. The first-order chi connectivity index (χ1) is 21.3. The molecule has 9 rings (SSSR count). The molecule has 7 aromatic carbocycles. The van der Waals surface area contributed by atoms with Gasteiger partial charge in [-0.25, -0.2) is 0 Å². The summed E-state index contributed by atoms with van der Waals surface area (Å²) in [7, 11) is 0. The molecule has 0 atom stereocenters. The van der Waals surface area contributed by atoms with E-state index in [2.05, 4.69) is 157 Å². The largest absolute Gasteiger partial charge is 0.310 e. The van der Waals surface area contributed by atoms with Crippen molar-refractivity contribution in [3.63, 3.8) is 0 Å². The molecule has 0 N–H and O–H groups in total. The lowest BCUT2D eigenvalue weighted by molar-refractivity contribution is 1.31. The van der Waals surface area contributed by atoms with Crippen molar-refractivity contribution in [1.29, 1.82) is 0 Å². The summed E-state index contributed by atoms with van der Waals surface area (Å²) in [5.74, 6) is 0. The van der Waals surface area contributed by atoms with Crippen LogP contribution in [-0.2, 0) is 0 Å². The van der Waals surface area contributed by atoms with Gasteiger partial charge in [-0.3, -0.25) is 0 Å². The van der Waals surface area contributed by atoms with Gasteiger partial charge in [-0.05, 0) is 76.5 Å². The summed E-state index contributed by atoms with van der Waals surface area (Å²) in [4.78, 5) is 2.45. The van der Waals surface area contributed by atoms with E-state index < -0.39 is 0 Å². The lowest BCUT2D eigenvalue weighted by atomic mass is 10.0. The third-order valence-electron chi connectivity index (χ3n) is 8.46. The van der Waals surface area contributed by atoms with Crippen molar-refractivity contribution in [1.82, 2.24) is 0 Å². The van der Waals surface area contributed by atoms with Crippen LogP contribution in [0, 0.1) is 0 Å². The fourth-order valence-electron chi connectivity index (χ4n) is 6.47. The molecule has 9 aromatic rings. The molecule has 0 aliphatic rings. The highest BCUT2D eigenvalue weighted by Crippen LogP contribution is 2.46. The van der Waals surface area contributed by atoms with Crippen molar-refractivity contribution >= 4 is 90.9 Å². The van der Waals surface area contributed by atoms with Gasteiger partial charge in [0.15, 0.2) is 0 Å². The molecule has 2 aromatic heterocycles. The van der Waals surface area contributed by atoms with E-state index in [-0.39, 0.29) is 0 Å². The molecular formula is C40H25NS2. The summed E-state index contributed by atoms with van der Waals surface area (Å²) in [5.41, 5.74) is 5.94. The molecule has 0 bridgehead atoms. The summed E-state index contributed by atoms with van der Waals surface area (Å²) in [6, 6.07) is 55.4. The van der Waals surface area contributed by atoms with Crippen molar-refractivity contribution in [3.05, 3.63) is 152 Å². The lowest BCUT2D eigenvalue weighted by Crippen LogP contribution is -2.10. The number of hydrogen-bond donors (Lipinski definition) is 0. The van der Waals surface area contributed by atoms with E-state index in [1.54, 1.807) is 0 Å². The molecule has 202 valence electrons. The maximum Gasteiger partial charge on any atom is 0.0554 e. The van der Waals surface area contributed by atoms with Gasteiger partial charge in [0.25, 0.3) is 0 Å². The quantitative estimate of drug-likeness (QED) is 0.199. The van der Waals surface area contributed by atoms with Crippen LogP contribution in [0.3, 0.4) is 0 Å². The van der Waals surface area contributed by atoms with Crippen LogP contribution in [0.1, 0.15) is 0 Å². The van der Waals surface area contributed by atoms with Gasteiger partial charge in [-0.15, -0.1) is 22.7 Å². The topological polar surface area (TPSA) is 3.24 Å². The van der Waals surface area contributed by atoms with E-state index in [1.807, 2.05) is 22.7 Å². The Hall–Kier alpha value is -4.96. The van der Waals surface area contributed by atoms with Crippen LogP contribution in [0.5, 0.6) is 0 Å². The number of fused-ring (bicyclic) bond motifs is 8. The van der Waals surface area contributed by atoms with Crippen LogP contribution in [0.4, 0.5) is 17.1 Å². The highest BCUT2D eigenvalue weighted by Gasteiger charge is 2.19. The molecule has 0 spiro atoms. The molecular weight excluding hydrogens is 559 g/mol. The number of thiophene rings is 2. The van der Waals surface area contributed by atoms with Crippen LogP contribution < -0.4 is 4.90 Å². The number of benzene rings is 7. The normalized spacial score (nSPS) is 11.7. The van der Waals surface area contributed by atoms with Gasteiger partial charge in [-0.2, -0.15) is 0 Å². The van der Waals surface area contributed by atoms with Crippen LogP contribution in [0.25, 0.3) is 62.2 Å². The first-order valence-corrected chi connectivity index (χ1v) is 16.1. The third kappa shape index (κ3) is 3.97. The van der Waals surface area contributed by atoms with E-state index in [0.29, 0.717) is 0 Å². The summed E-state index contributed by atoms with van der Waals surface area (Å²) in [6.07, 6.45) is 0. The zero-order chi connectivity index (χ0) is 28.3. The summed E-state index contributed by atoms with van der Waals surface area (Å²) in [6.45, 7) is 0. The maximum atomic E-state index is 2.45. The van der Waals surface area contributed by atoms with Crippen molar-refractivity contribution in [2.75, 3.05) is 4.90 Å². The van der Waals surface area contributed by atoms with Crippen LogP contribution >= 0.6 is 22.7 Å². The lowest BCUT2D eigenvalue weighted by Gasteiger charge is -2.27. The van der Waals surface area contributed by atoms with Crippen LogP contribution in [0.2, 0.25) is 0 Å². The number of nitrogens with zero attached hydrogens (tertiary/aromatic N) is 1. The molecule has 0 aliphatic carbocycles. The maximum absolute atomic E-state index is 2.45. The molecule has 0 aliphatic heterocycles. The second-order valence-corrected chi connectivity index (χ2v) is 13.1. The summed E-state index contributed by atoms with van der Waals surface area (Å²) in [5, 5.41) is 7.83. The first kappa shape index (κ1) is 24.6. The van der Waals surface area contributed by atoms with Gasteiger partial charge >= 0.3 is 0 Å². The van der Waals surface area contributed by atoms with Gasteiger partial charge in [0, 0.05) is 51.7 Å². The Morgan fingerprint density at radius 3 is 1.72 bits per heavy atom. The van der Waals surface area contributed by atoms with Gasteiger partial charge in [0.2, 0.25) is 0 Å². The third-order valence-corrected chi connectivity index (χ3v) is 10.7. The highest BCUT2D eigenvalue weighted by molar-refractivity contribution is 7.26. The Morgan fingerprint density at radius 1 is 0.372 bits per heavy atom. The highest BCUT2D eigenvalue weighted by atomic mass is 32.1.